The molecular weight excluding hydrogens is 1760 g/mol. The molecule has 666 valence electrons. The van der Waals surface area contributed by atoms with Crippen LogP contribution in [0, 0.1) is 110 Å². The van der Waals surface area contributed by atoms with Gasteiger partial charge in [0.1, 0.15) is 68.8 Å². The van der Waals surface area contributed by atoms with Crippen molar-refractivity contribution in [3.05, 3.63) is 270 Å². The van der Waals surface area contributed by atoms with Crippen molar-refractivity contribution in [1.82, 2.24) is 74.8 Å². The zero-order chi connectivity index (χ0) is 95.6. The molecule has 12 N–H and O–H groups in total. The molecule has 0 aliphatic heterocycles. The maximum absolute atomic E-state index is 13.9. The molecule has 18 rings (SSSR count). The quantitative estimate of drug-likeness (QED) is 0.0506. The average molecular weight is 1830 g/mol. The van der Waals surface area contributed by atoms with Crippen LogP contribution in [-0.4, -0.2) is 110 Å². The summed E-state index contributed by atoms with van der Waals surface area (Å²) in [6, 6.07) is 43.3. The largest absolute Gasteiger partial charge is 0.346 e. The van der Waals surface area contributed by atoms with Crippen molar-refractivity contribution in [2.24, 2.45) is 0 Å². The number of aromatic nitrogens is 15. The lowest BCUT2D eigenvalue weighted by molar-refractivity contribution is -0.112. The van der Waals surface area contributed by atoms with E-state index in [1.807, 2.05) is 138 Å². The van der Waals surface area contributed by atoms with Gasteiger partial charge in [-0.1, -0.05) is 103 Å². The lowest BCUT2D eigenvalue weighted by atomic mass is 10.1. The van der Waals surface area contributed by atoms with Crippen LogP contribution in [0.4, 0.5) is 47.7 Å². The number of rotatable bonds is 12. The fourth-order valence-electron chi connectivity index (χ4n) is 13.2. The first kappa shape index (κ1) is 94.4. The number of carbonyl (C=O) groups is 6. The molecule has 3 aromatic carbocycles. The van der Waals surface area contributed by atoms with Crippen LogP contribution in [0.15, 0.2) is 226 Å². The Bertz CT molecular complexity index is 8000. The highest BCUT2D eigenvalue weighted by Crippen LogP contribution is 2.35. The number of benzene rings is 3. The van der Waals surface area contributed by atoms with Gasteiger partial charge in [0, 0.05) is 153 Å². The predicted molar refractivity (Wildman–Crippen MR) is 524 cm³/mol. The number of terminal acetylenes is 1. The highest BCUT2D eigenvalue weighted by molar-refractivity contribution is 6.36. The van der Waals surface area contributed by atoms with Gasteiger partial charge in [-0.2, -0.15) is 0 Å². The van der Waals surface area contributed by atoms with Crippen LogP contribution in [0.1, 0.15) is 64.2 Å². The summed E-state index contributed by atoms with van der Waals surface area (Å²) in [5.41, 5.74) is 17.7. The molecule has 0 radical (unpaired) electrons. The predicted octanol–water partition coefficient (Wildman–Crippen LogP) is 20.4. The number of fused-ring (bicyclic) bond motifs is 6. The van der Waals surface area contributed by atoms with E-state index in [9.17, 15) is 41.9 Å². The van der Waals surface area contributed by atoms with Crippen LogP contribution < -0.4 is 31.9 Å². The Balaban J connectivity index is 0.000000137. The Morgan fingerprint density at radius 1 is 0.341 bits per heavy atom. The first-order chi connectivity index (χ1) is 65.3. The molecular formula is C103H78Cl2F3N21O6. The number of hydrogen-bond donors (Lipinski definition) is 12. The van der Waals surface area contributed by atoms with E-state index in [4.69, 9.17) is 29.6 Å². The number of amides is 6. The number of aryl methyl sites for hydroxylation is 3. The molecule has 0 saturated heterocycles. The van der Waals surface area contributed by atoms with E-state index < -0.39 is 41.1 Å². The third-order valence-electron chi connectivity index (χ3n) is 19.7. The molecule has 0 fully saturated rings. The Morgan fingerprint density at radius 3 is 1.00 bits per heavy atom. The number of hydrogen-bond acceptors (Lipinski definition) is 15. The topological polar surface area (TPSA) is 385 Å². The van der Waals surface area contributed by atoms with Crippen LogP contribution in [0.3, 0.4) is 0 Å². The van der Waals surface area contributed by atoms with Crippen LogP contribution in [0.25, 0.3) is 133 Å². The van der Waals surface area contributed by atoms with Crippen molar-refractivity contribution in [3.8, 4) is 139 Å². The van der Waals surface area contributed by atoms with Crippen LogP contribution in [-0.2, 0) is 28.8 Å². The number of nitrogens with one attached hydrogen (secondary N) is 12. The van der Waals surface area contributed by atoms with Gasteiger partial charge in [0.2, 0.25) is 0 Å². The van der Waals surface area contributed by atoms with Gasteiger partial charge in [-0.15, -0.1) is 6.42 Å². The summed E-state index contributed by atoms with van der Waals surface area (Å²) in [7, 11) is 0. The van der Waals surface area contributed by atoms with Crippen molar-refractivity contribution < 1.29 is 41.9 Å². The molecule has 0 bridgehead atoms. The number of carbonyl (C=O) groups excluding carboxylic acids is 6. The minimum absolute atomic E-state index is 0.0653. The monoisotopic (exact) mass is 1830 g/mol. The zero-order valence-corrected chi connectivity index (χ0v) is 74.7. The summed E-state index contributed by atoms with van der Waals surface area (Å²) in [6.45, 7) is 14.5. The molecule has 27 nitrogen and oxygen atoms in total. The van der Waals surface area contributed by atoms with Gasteiger partial charge < -0.3 is 45.9 Å². The second-order valence-corrected chi connectivity index (χ2v) is 29.9. The number of halogens is 5. The minimum Gasteiger partial charge on any atom is -0.346 e. The van der Waals surface area contributed by atoms with E-state index in [2.05, 4.69) is 166 Å². The Labute approximate surface area is 780 Å². The molecule has 6 amide bonds. The van der Waals surface area contributed by atoms with E-state index in [0.717, 1.165) is 128 Å². The summed E-state index contributed by atoms with van der Waals surface area (Å²) in [6.07, 6.45) is 27.4. The second-order valence-electron chi connectivity index (χ2n) is 29.0. The van der Waals surface area contributed by atoms with Gasteiger partial charge in [0.15, 0.2) is 0 Å². The van der Waals surface area contributed by atoms with E-state index in [-0.39, 0.29) is 28.9 Å². The molecule has 0 saturated carbocycles. The van der Waals surface area contributed by atoms with Gasteiger partial charge in [0.05, 0.1) is 44.2 Å². The third kappa shape index (κ3) is 24.6. The second kappa shape index (κ2) is 44.7. The highest BCUT2D eigenvalue weighted by atomic mass is 35.5. The van der Waals surface area contributed by atoms with E-state index in [1.165, 1.54) is 31.2 Å². The van der Waals surface area contributed by atoms with Crippen LogP contribution in [0.5, 0.6) is 0 Å². The number of aromatic amines is 6. The minimum atomic E-state index is -0.564. The fourth-order valence-corrected chi connectivity index (χ4v) is 13.6. The van der Waals surface area contributed by atoms with Crippen molar-refractivity contribution in [3.63, 3.8) is 0 Å². The smallest absolute Gasteiger partial charge is 0.301 e. The standard InChI is InChI=1S/C18H13ClFN3O.C18H16N4O.C17H11ClFN3O.C17H12FN3O.C17H14N4O.C16H12N4O/c1-2-3-4-17(24)23-16-8-11(5-6-15(16)20)12-7-13-14(19)10-22-18(13)21-9-12;1-3-4-8-17(23)22-16-7-5-6-15(21-16)13-9-14-12(2)10-19-18(14)20-11-13;1-2-3-16(23)22-15-7-10(4-5-14(15)19)11-6-12-13(18)9-21-17(12)20-8-11;1-2-3-16(22)21-15-9-11(4-5-14(15)18)13-8-12-6-7-19-17(12)20-10-13;1-3-5-16(22)21-15-7-4-6-14(20-15)12-8-13-11(2)9-18-17(13)19-10-12;1-3-15(21)20-14-6-4-5-13(19-14)11-7-12-10(2)8-17-16(12)18-9-11/h5-10H,2H2,1H3,(H,21,22)(H,23,24);5-7,9-11H,3H2,1-2H3,(H,19,20)(H,21,22,23);4-9H,1H3,(H,20,21)(H,22,23);4-10H,1H3,(H,19,20)(H,21,22);4,6-10H,1-2H3,(H,18,19)(H,20,21,22);1,4-9H,2H3,(H,17,18)(H,19,20,21). The van der Waals surface area contributed by atoms with Gasteiger partial charge in [-0.05, 0) is 226 Å². The van der Waals surface area contributed by atoms with E-state index >= 15 is 0 Å². The van der Waals surface area contributed by atoms with Gasteiger partial charge >= 0.3 is 17.7 Å². The molecule has 0 aliphatic carbocycles. The molecule has 32 heteroatoms. The number of pyridine rings is 9. The number of nitrogens with zero attached hydrogens (tertiary/aromatic N) is 9. The molecule has 0 spiro atoms. The third-order valence-corrected chi connectivity index (χ3v) is 20.3. The van der Waals surface area contributed by atoms with E-state index in [0.29, 0.717) is 62.8 Å². The number of H-pyrrole nitrogens is 6. The van der Waals surface area contributed by atoms with Gasteiger partial charge in [-0.25, -0.2) is 58.0 Å². The summed E-state index contributed by atoms with van der Waals surface area (Å²) >= 11 is 12.2. The maximum atomic E-state index is 13.9. The average Bonchev–Trinajstić information content (AvgIpc) is 1.84. The molecule has 15 aromatic heterocycles. The van der Waals surface area contributed by atoms with Crippen molar-refractivity contribution in [2.75, 3.05) is 31.9 Å². The molecule has 135 heavy (non-hydrogen) atoms. The lowest BCUT2D eigenvalue weighted by Crippen LogP contribution is -2.10. The Hall–Kier alpha value is -18.2. The Morgan fingerprint density at radius 2 is 0.644 bits per heavy atom. The Kier molecular flexibility index (Phi) is 31.3. The summed E-state index contributed by atoms with van der Waals surface area (Å²) < 4.78 is 41.6. The normalized spacial score (nSPS) is 10.2. The first-order valence-electron chi connectivity index (χ1n) is 41.3. The van der Waals surface area contributed by atoms with Crippen molar-refractivity contribution >= 4 is 159 Å². The number of anilines is 6. The van der Waals surface area contributed by atoms with E-state index in [1.54, 1.807) is 118 Å². The molecule has 0 unspecified atom stereocenters. The SMILES string of the molecule is C#CC(=O)Nc1cccc(-c2cnc3[nH]cc(C)c3c2)n1.CC#CC(=O)Nc1cc(-c2cnc3[nH]cc(Cl)c3c2)ccc1F.CC#CC(=O)Nc1cc(-c2cnc3[nH]ccc3c2)ccc1F.CC#CC(=O)Nc1cccc(-c2cnc3[nH]cc(C)c3c2)n1.CCC#CC(=O)Nc1cc(-c2cnc3[nH]cc(Cl)c3c2)ccc1F.CCC#CC(=O)Nc1cccc(-c2cnc3[nH]cc(C)c3c2)n1. The van der Waals surface area contributed by atoms with Crippen LogP contribution >= 0.6 is 23.2 Å². The molecule has 18 aromatic rings. The zero-order valence-electron chi connectivity index (χ0n) is 73.2. The highest BCUT2D eigenvalue weighted by Gasteiger charge is 2.18. The summed E-state index contributed by atoms with van der Waals surface area (Å²) in [5, 5.41) is 22.0. The molecule has 15 heterocycles. The first-order valence-corrected chi connectivity index (χ1v) is 42.0. The maximum Gasteiger partial charge on any atom is 0.301 e. The summed E-state index contributed by atoms with van der Waals surface area (Å²) in [4.78, 5) is 127. The van der Waals surface area contributed by atoms with Crippen molar-refractivity contribution in [1.29, 1.82) is 0 Å². The van der Waals surface area contributed by atoms with Crippen molar-refractivity contribution in [2.45, 2.75) is 68.2 Å². The molecule has 0 atom stereocenters. The van der Waals surface area contributed by atoms with Crippen LogP contribution in [0.2, 0.25) is 10.0 Å². The van der Waals surface area contributed by atoms with Gasteiger partial charge in [0.25, 0.3) is 17.7 Å². The molecule has 0 aliphatic rings. The lowest BCUT2D eigenvalue weighted by Gasteiger charge is -2.07. The van der Waals surface area contributed by atoms with Gasteiger partial charge in [-0.3, -0.25) is 44.7 Å². The summed E-state index contributed by atoms with van der Waals surface area (Å²) in [5.74, 6) is 23.7. The fraction of sp³-hybridized carbons (Fsp3) is 0.0971.